The van der Waals surface area contributed by atoms with Crippen molar-refractivity contribution in [3.8, 4) is 0 Å². The quantitative estimate of drug-likeness (QED) is 0.604. The number of halogens is 1. The minimum atomic E-state index is 0.379. The Kier molecular flexibility index (Phi) is 5.02. The van der Waals surface area contributed by atoms with E-state index in [0.717, 1.165) is 60.6 Å². The standard InChI is InChI=1S/C19H28ClN5/c1-21-19(23-11-16(13-4-5-13)14-6-7-14)24-15-8-10-25(12-15)18-17(20)3-2-9-22-18/h2-3,9,13-16H,4-8,10-12H2,1H3,(H2,21,23,24). The van der Waals surface area contributed by atoms with Crippen molar-refractivity contribution >= 4 is 23.4 Å². The number of aliphatic imine (C=N–C) groups is 1. The van der Waals surface area contributed by atoms with Crippen molar-refractivity contribution < 1.29 is 0 Å². The van der Waals surface area contributed by atoms with Gasteiger partial charge in [-0.2, -0.15) is 0 Å². The second kappa shape index (κ2) is 7.40. The molecule has 0 radical (unpaired) electrons. The van der Waals surface area contributed by atoms with Crippen molar-refractivity contribution in [1.29, 1.82) is 0 Å². The summed E-state index contributed by atoms with van der Waals surface area (Å²) in [7, 11) is 1.86. The molecular formula is C19H28ClN5. The van der Waals surface area contributed by atoms with Gasteiger partial charge in [0.2, 0.25) is 0 Å². The summed E-state index contributed by atoms with van der Waals surface area (Å²) in [5.41, 5.74) is 0. The molecule has 2 heterocycles. The Balaban J connectivity index is 1.28. The highest BCUT2D eigenvalue weighted by Gasteiger charge is 2.41. The molecule has 1 aliphatic heterocycles. The third kappa shape index (κ3) is 4.20. The van der Waals surface area contributed by atoms with Crippen LogP contribution in [-0.4, -0.2) is 43.7 Å². The van der Waals surface area contributed by atoms with Gasteiger partial charge in [-0.3, -0.25) is 4.99 Å². The van der Waals surface area contributed by atoms with Crippen LogP contribution in [-0.2, 0) is 0 Å². The number of anilines is 1. The van der Waals surface area contributed by atoms with E-state index in [1.54, 1.807) is 6.20 Å². The molecule has 2 aliphatic carbocycles. The largest absolute Gasteiger partial charge is 0.356 e. The van der Waals surface area contributed by atoms with Gasteiger partial charge in [0.1, 0.15) is 5.82 Å². The van der Waals surface area contributed by atoms with Crippen LogP contribution in [0.4, 0.5) is 5.82 Å². The number of nitrogens with one attached hydrogen (secondary N) is 2. The van der Waals surface area contributed by atoms with E-state index in [9.17, 15) is 0 Å². The lowest BCUT2D eigenvalue weighted by atomic mass is 9.98. The summed E-state index contributed by atoms with van der Waals surface area (Å²) in [4.78, 5) is 11.1. The smallest absolute Gasteiger partial charge is 0.191 e. The molecule has 0 amide bonds. The predicted molar refractivity (Wildman–Crippen MR) is 103 cm³/mol. The number of hydrogen-bond acceptors (Lipinski definition) is 3. The van der Waals surface area contributed by atoms with Crippen LogP contribution < -0.4 is 15.5 Å². The molecule has 1 aromatic rings. The molecule has 1 aromatic heterocycles. The maximum atomic E-state index is 6.28. The van der Waals surface area contributed by atoms with Gasteiger partial charge in [-0.15, -0.1) is 0 Å². The van der Waals surface area contributed by atoms with Crippen molar-refractivity contribution in [2.45, 2.75) is 38.1 Å². The highest BCUT2D eigenvalue weighted by molar-refractivity contribution is 6.32. The maximum Gasteiger partial charge on any atom is 0.191 e. The first-order valence-corrected chi connectivity index (χ1v) is 9.95. The molecule has 1 unspecified atom stereocenters. The molecule has 2 N–H and O–H groups in total. The van der Waals surface area contributed by atoms with Gasteiger partial charge in [-0.05, 0) is 62.0 Å². The van der Waals surface area contributed by atoms with E-state index in [0.29, 0.717) is 6.04 Å². The number of aromatic nitrogens is 1. The van der Waals surface area contributed by atoms with Gasteiger partial charge in [0.05, 0.1) is 5.02 Å². The topological polar surface area (TPSA) is 52.6 Å². The summed E-state index contributed by atoms with van der Waals surface area (Å²) in [5, 5.41) is 7.89. The number of hydrogen-bond donors (Lipinski definition) is 2. The first-order valence-electron chi connectivity index (χ1n) is 9.57. The fourth-order valence-corrected chi connectivity index (χ4v) is 4.29. The molecule has 0 aromatic carbocycles. The lowest BCUT2D eigenvalue weighted by molar-refractivity contribution is 0.399. The highest BCUT2D eigenvalue weighted by atomic mass is 35.5. The second-order valence-corrected chi connectivity index (χ2v) is 8.08. The van der Waals surface area contributed by atoms with Crippen LogP contribution >= 0.6 is 11.6 Å². The van der Waals surface area contributed by atoms with Gasteiger partial charge in [-0.1, -0.05) is 11.6 Å². The van der Waals surface area contributed by atoms with Crippen LogP contribution in [0.5, 0.6) is 0 Å². The van der Waals surface area contributed by atoms with Crippen LogP contribution in [0, 0.1) is 17.8 Å². The molecule has 25 heavy (non-hydrogen) atoms. The third-order valence-electron chi connectivity index (χ3n) is 5.75. The van der Waals surface area contributed by atoms with Crippen LogP contribution in [0.1, 0.15) is 32.1 Å². The van der Waals surface area contributed by atoms with Gasteiger partial charge < -0.3 is 15.5 Å². The average molecular weight is 362 g/mol. The summed E-state index contributed by atoms with van der Waals surface area (Å²) in [6, 6.07) is 4.16. The zero-order valence-corrected chi connectivity index (χ0v) is 15.7. The molecule has 1 saturated heterocycles. The van der Waals surface area contributed by atoms with Crippen molar-refractivity contribution in [2.24, 2.45) is 22.7 Å². The first-order chi connectivity index (χ1) is 12.2. The van der Waals surface area contributed by atoms with Crippen LogP contribution in [0.15, 0.2) is 23.3 Å². The zero-order chi connectivity index (χ0) is 17.2. The second-order valence-electron chi connectivity index (χ2n) is 7.68. The van der Waals surface area contributed by atoms with E-state index >= 15 is 0 Å². The maximum absolute atomic E-state index is 6.28. The first kappa shape index (κ1) is 17.0. The molecule has 6 heteroatoms. The Labute approximate surface area is 155 Å². The van der Waals surface area contributed by atoms with E-state index in [-0.39, 0.29) is 0 Å². The third-order valence-corrected chi connectivity index (χ3v) is 6.05. The van der Waals surface area contributed by atoms with Crippen molar-refractivity contribution in [2.75, 3.05) is 31.6 Å². The number of pyridine rings is 1. The van der Waals surface area contributed by atoms with Gasteiger partial charge in [0.25, 0.3) is 0 Å². The fraction of sp³-hybridized carbons (Fsp3) is 0.684. The van der Waals surface area contributed by atoms with E-state index in [1.807, 2.05) is 19.2 Å². The van der Waals surface area contributed by atoms with Gasteiger partial charge in [0.15, 0.2) is 5.96 Å². The molecule has 3 aliphatic rings. The molecule has 2 saturated carbocycles. The van der Waals surface area contributed by atoms with Gasteiger partial charge >= 0.3 is 0 Å². The van der Waals surface area contributed by atoms with Crippen molar-refractivity contribution in [1.82, 2.24) is 15.6 Å². The molecule has 0 spiro atoms. The molecule has 0 bridgehead atoms. The Morgan fingerprint density at radius 3 is 2.72 bits per heavy atom. The van der Waals surface area contributed by atoms with Crippen molar-refractivity contribution in [3.63, 3.8) is 0 Å². The van der Waals surface area contributed by atoms with Crippen molar-refractivity contribution in [3.05, 3.63) is 23.4 Å². The van der Waals surface area contributed by atoms with E-state index in [4.69, 9.17) is 11.6 Å². The number of nitrogens with zero attached hydrogens (tertiary/aromatic N) is 3. The molecule has 1 atom stereocenters. The normalized spacial score (nSPS) is 24.0. The molecule has 136 valence electrons. The van der Waals surface area contributed by atoms with Gasteiger partial charge in [-0.25, -0.2) is 4.98 Å². The Morgan fingerprint density at radius 1 is 1.32 bits per heavy atom. The minimum Gasteiger partial charge on any atom is -0.356 e. The molecule has 4 rings (SSSR count). The molecule has 5 nitrogen and oxygen atoms in total. The summed E-state index contributed by atoms with van der Waals surface area (Å²) in [5.74, 6) is 4.60. The van der Waals surface area contributed by atoms with Crippen LogP contribution in [0.25, 0.3) is 0 Å². The summed E-state index contributed by atoms with van der Waals surface area (Å²) >= 11 is 6.28. The number of guanidine groups is 1. The lowest BCUT2D eigenvalue weighted by Gasteiger charge is -2.22. The van der Waals surface area contributed by atoms with E-state index < -0.39 is 0 Å². The Hall–Kier alpha value is -1.49. The van der Waals surface area contributed by atoms with Gasteiger partial charge in [0, 0.05) is 38.9 Å². The molecular weight excluding hydrogens is 334 g/mol. The Morgan fingerprint density at radius 2 is 2.08 bits per heavy atom. The molecule has 3 fully saturated rings. The average Bonchev–Trinajstić information content (AvgIpc) is 3.55. The van der Waals surface area contributed by atoms with E-state index in [1.165, 1.54) is 25.7 Å². The summed E-state index contributed by atoms with van der Waals surface area (Å²) < 4.78 is 0. The highest BCUT2D eigenvalue weighted by Crippen LogP contribution is 2.48. The zero-order valence-electron chi connectivity index (χ0n) is 14.9. The monoisotopic (exact) mass is 361 g/mol. The minimum absolute atomic E-state index is 0.379. The lowest BCUT2D eigenvalue weighted by Crippen LogP contribution is -2.46. The summed E-state index contributed by atoms with van der Waals surface area (Å²) in [6.07, 6.45) is 8.59. The van der Waals surface area contributed by atoms with E-state index in [2.05, 4.69) is 25.5 Å². The fourth-order valence-electron chi connectivity index (χ4n) is 4.05. The van der Waals surface area contributed by atoms with Crippen LogP contribution in [0.2, 0.25) is 5.02 Å². The number of rotatable bonds is 6. The van der Waals surface area contributed by atoms with Crippen LogP contribution in [0.3, 0.4) is 0 Å². The predicted octanol–water partition coefficient (Wildman–Crippen LogP) is 2.91. The SMILES string of the molecule is CN=C(NCC(C1CC1)C1CC1)NC1CCN(c2ncccc2Cl)C1. The Bertz CT molecular complexity index is 614. The summed E-state index contributed by atoms with van der Waals surface area (Å²) in [6.45, 7) is 2.95.